The third kappa shape index (κ3) is 5.40. The van der Waals surface area contributed by atoms with Gasteiger partial charge < -0.3 is 4.84 Å². The van der Waals surface area contributed by atoms with Gasteiger partial charge in [0.05, 0.1) is 5.56 Å². The van der Waals surface area contributed by atoms with Crippen LogP contribution in [0.4, 0.5) is 0 Å². The number of carbonyl (C=O) groups excluding carboxylic acids is 1. The maximum Gasteiger partial charge on any atom is 0.356 e. The molecule has 0 unspecified atom stereocenters. The third-order valence-electron chi connectivity index (χ3n) is 1.46. The van der Waals surface area contributed by atoms with Crippen LogP contribution in [0.1, 0.15) is 31.1 Å². The van der Waals surface area contributed by atoms with Crippen LogP contribution >= 0.6 is 12.4 Å². The van der Waals surface area contributed by atoms with Gasteiger partial charge in [-0.1, -0.05) is 18.2 Å². The Hall–Kier alpha value is -1.06. The van der Waals surface area contributed by atoms with Crippen molar-refractivity contribution in [2.24, 2.45) is 0 Å². The maximum absolute atomic E-state index is 11.4. The predicted molar refractivity (Wildman–Crippen MR) is 62.0 cm³/mol. The van der Waals surface area contributed by atoms with Gasteiger partial charge in [-0.3, -0.25) is 0 Å². The lowest BCUT2D eigenvalue weighted by Crippen LogP contribution is -2.37. The van der Waals surface area contributed by atoms with Gasteiger partial charge in [0.1, 0.15) is 0 Å². The van der Waals surface area contributed by atoms with Crippen molar-refractivity contribution in [3.8, 4) is 0 Å². The minimum absolute atomic E-state index is 0. The number of benzene rings is 1. The fourth-order valence-electron chi connectivity index (χ4n) is 0.833. The first kappa shape index (κ1) is 13.9. The Morgan fingerprint density at radius 3 is 2.20 bits per heavy atom. The molecule has 0 amide bonds. The Morgan fingerprint density at radius 1 is 1.20 bits per heavy atom. The van der Waals surface area contributed by atoms with Crippen LogP contribution in [0.5, 0.6) is 0 Å². The van der Waals surface area contributed by atoms with Crippen LogP contribution in [0.25, 0.3) is 0 Å². The highest BCUT2D eigenvalue weighted by atomic mass is 35.5. The molecule has 15 heavy (non-hydrogen) atoms. The van der Waals surface area contributed by atoms with E-state index in [4.69, 9.17) is 4.84 Å². The monoisotopic (exact) mass is 229 g/mol. The fraction of sp³-hybridized carbons (Fsp3) is 0.364. The topological polar surface area (TPSA) is 38.3 Å². The van der Waals surface area contributed by atoms with Gasteiger partial charge in [-0.2, -0.15) is 0 Å². The van der Waals surface area contributed by atoms with Gasteiger partial charge in [0, 0.05) is 5.54 Å². The Balaban J connectivity index is 0.00000196. The van der Waals surface area contributed by atoms with Gasteiger partial charge in [0.15, 0.2) is 0 Å². The van der Waals surface area contributed by atoms with Gasteiger partial charge in [0.25, 0.3) is 0 Å². The van der Waals surface area contributed by atoms with E-state index in [0.717, 1.165) is 0 Å². The van der Waals surface area contributed by atoms with Crippen LogP contribution < -0.4 is 5.48 Å². The molecule has 1 N–H and O–H groups in total. The lowest BCUT2D eigenvalue weighted by molar-refractivity contribution is 0.00465. The number of halogens is 1. The summed E-state index contributed by atoms with van der Waals surface area (Å²) in [5.41, 5.74) is 2.98. The van der Waals surface area contributed by atoms with Crippen molar-refractivity contribution in [3.63, 3.8) is 0 Å². The molecule has 0 aromatic heterocycles. The number of nitrogens with one attached hydrogen (secondary N) is 1. The molecule has 1 aromatic rings. The molecule has 0 fully saturated rings. The minimum Gasteiger partial charge on any atom is -0.366 e. The molecule has 0 heterocycles. The van der Waals surface area contributed by atoms with Crippen LogP contribution in [0.3, 0.4) is 0 Å². The third-order valence-corrected chi connectivity index (χ3v) is 1.46. The van der Waals surface area contributed by atoms with Crippen molar-refractivity contribution in [3.05, 3.63) is 35.9 Å². The summed E-state index contributed by atoms with van der Waals surface area (Å²) >= 11 is 0. The molecule has 0 aliphatic heterocycles. The van der Waals surface area contributed by atoms with Crippen molar-refractivity contribution >= 4 is 18.4 Å². The fourth-order valence-corrected chi connectivity index (χ4v) is 0.833. The molecule has 0 saturated heterocycles. The number of rotatable bonds is 2. The first-order valence-corrected chi connectivity index (χ1v) is 4.52. The SMILES string of the molecule is CC(C)(C)NOC(=O)c1ccccc1.Cl. The lowest BCUT2D eigenvalue weighted by atomic mass is 10.1. The molecule has 0 bridgehead atoms. The van der Waals surface area contributed by atoms with E-state index in [2.05, 4.69) is 5.48 Å². The van der Waals surface area contributed by atoms with Gasteiger partial charge in [-0.05, 0) is 32.9 Å². The minimum atomic E-state index is -0.361. The van der Waals surface area contributed by atoms with Crippen LogP contribution in [0.2, 0.25) is 0 Å². The second kappa shape index (κ2) is 5.73. The highest BCUT2D eigenvalue weighted by Gasteiger charge is 2.13. The van der Waals surface area contributed by atoms with E-state index in [9.17, 15) is 4.79 Å². The molecular weight excluding hydrogens is 214 g/mol. The van der Waals surface area contributed by atoms with Crippen LogP contribution in [0, 0.1) is 0 Å². The van der Waals surface area contributed by atoms with E-state index in [1.165, 1.54) is 0 Å². The standard InChI is InChI=1S/C11H15NO2.ClH/c1-11(2,3)12-14-10(13)9-7-5-4-6-8-9;/h4-8,12H,1-3H3;1H. The van der Waals surface area contributed by atoms with E-state index in [-0.39, 0.29) is 23.9 Å². The first-order chi connectivity index (χ1) is 6.49. The highest BCUT2D eigenvalue weighted by Crippen LogP contribution is 2.03. The highest BCUT2D eigenvalue weighted by molar-refractivity contribution is 5.89. The molecule has 4 heteroatoms. The predicted octanol–water partition coefficient (Wildman–Crippen LogP) is 2.57. The molecule has 0 spiro atoms. The summed E-state index contributed by atoms with van der Waals surface area (Å²) in [6, 6.07) is 8.88. The number of hydroxylamine groups is 1. The van der Waals surface area contributed by atoms with Crippen LogP contribution in [-0.4, -0.2) is 11.5 Å². The lowest BCUT2D eigenvalue weighted by Gasteiger charge is -2.19. The Morgan fingerprint density at radius 2 is 1.73 bits per heavy atom. The molecule has 84 valence electrons. The second-order valence-electron chi connectivity index (χ2n) is 4.11. The van der Waals surface area contributed by atoms with E-state index in [1.807, 2.05) is 26.8 Å². The molecule has 0 radical (unpaired) electrons. The van der Waals surface area contributed by atoms with Crippen LogP contribution in [-0.2, 0) is 4.84 Å². The maximum atomic E-state index is 11.4. The first-order valence-electron chi connectivity index (χ1n) is 4.52. The summed E-state index contributed by atoms with van der Waals surface area (Å²) in [6.07, 6.45) is 0. The van der Waals surface area contributed by atoms with E-state index in [1.54, 1.807) is 24.3 Å². The van der Waals surface area contributed by atoms with Gasteiger partial charge in [0.2, 0.25) is 0 Å². The zero-order valence-corrected chi connectivity index (χ0v) is 9.93. The van der Waals surface area contributed by atoms with E-state index in [0.29, 0.717) is 5.56 Å². The van der Waals surface area contributed by atoms with Crippen molar-refractivity contribution < 1.29 is 9.63 Å². The van der Waals surface area contributed by atoms with Crippen LogP contribution in [0.15, 0.2) is 30.3 Å². The van der Waals surface area contributed by atoms with Crippen molar-refractivity contribution in [1.29, 1.82) is 0 Å². The van der Waals surface area contributed by atoms with Gasteiger partial charge in [-0.25, -0.2) is 4.79 Å². The second-order valence-corrected chi connectivity index (χ2v) is 4.11. The molecule has 0 saturated carbocycles. The Bertz CT molecular complexity index is 306. The molecule has 3 nitrogen and oxygen atoms in total. The smallest absolute Gasteiger partial charge is 0.356 e. The van der Waals surface area contributed by atoms with E-state index < -0.39 is 0 Å². The normalized spacial score (nSPS) is 10.3. The van der Waals surface area contributed by atoms with Gasteiger partial charge >= 0.3 is 5.97 Å². The quantitative estimate of drug-likeness (QED) is 0.793. The summed E-state index contributed by atoms with van der Waals surface area (Å²) in [4.78, 5) is 16.3. The molecule has 0 aliphatic rings. The molecule has 1 rings (SSSR count). The Labute approximate surface area is 96.2 Å². The number of hydrogen-bond acceptors (Lipinski definition) is 3. The zero-order valence-electron chi connectivity index (χ0n) is 9.11. The summed E-state index contributed by atoms with van der Waals surface area (Å²) in [6.45, 7) is 5.77. The van der Waals surface area contributed by atoms with Gasteiger partial charge in [-0.15, -0.1) is 17.9 Å². The summed E-state index contributed by atoms with van der Waals surface area (Å²) in [7, 11) is 0. The van der Waals surface area contributed by atoms with Crippen molar-refractivity contribution in [2.45, 2.75) is 26.3 Å². The van der Waals surface area contributed by atoms with Crippen molar-refractivity contribution in [1.82, 2.24) is 5.48 Å². The zero-order chi connectivity index (χ0) is 10.6. The molecule has 0 aliphatic carbocycles. The molecular formula is C11H16ClNO2. The summed E-state index contributed by atoms with van der Waals surface area (Å²) in [5, 5.41) is 0. The average Bonchev–Trinajstić information content (AvgIpc) is 2.14. The molecule has 1 aromatic carbocycles. The van der Waals surface area contributed by atoms with E-state index >= 15 is 0 Å². The number of carbonyl (C=O) groups is 1. The Kier molecular flexibility index (Phi) is 5.33. The molecule has 0 atom stereocenters. The average molecular weight is 230 g/mol. The summed E-state index contributed by atoms with van der Waals surface area (Å²) < 4.78 is 0. The van der Waals surface area contributed by atoms with Crippen molar-refractivity contribution in [2.75, 3.05) is 0 Å². The number of hydrogen-bond donors (Lipinski definition) is 1. The largest absolute Gasteiger partial charge is 0.366 e. The summed E-state index contributed by atoms with van der Waals surface area (Å²) in [5.74, 6) is -0.361.